The van der Waals surface area contributed by atoms with Gasteiger partial charge in [-0.2, -0.15) is 0 Å². The zero-order valence-corrected chi connectivity index (χ0v) is 9.35. The van der Waals surface area contributed by atoms with Gasteiger partial charge in [0.15, 0.2) is 5.89 Å². The van der Waals surface area contributed by atoms with Gasteiger partial charge in [-0.1, -0.05) is 13.8 Å². The topological polar surface area (TPSA) is 38.1 Å². The molecule has 1 unspecified atom stereocenters. The van der Waals surface area contributed by atoms with Crippen molar-refractivity contribution < 1.29 is 4.42 Å². The highest BCUT2D eigenvalue weighted by atomic mass is 16.4. The maximum atomic E-state index is 5.62. The van der Waals surface area contributed by atoms with Crippen LogP contribution in [0.3, 0.4) is 0 Å². The summed E-state index contributed by atoms with van der Waals surface area (Å²) in [5.74, 6) is 1.85. The van der Waals surface area contributed by atoms with Gasteiger partial charge < -0.3 is 9.73 Å². The van der Waals surface area contributed by atoms with E-state index in [-0.39, 0.29) is 0 Å². The molecule has 14 heavy (non-hydrogen) atoms. The average molecular weight is 194 g/mol. The maximum Gasteiger partial charge on any atom is 0.191 e. The van der Waals surface area contributed by atoms with Crippen molar-refractivity contribution in [2.24, 2.45) is 5.41 Å². The lowest BCUT2D eigenvalue weighted by atomic mass is 9.76. The summed E-state index contributed by atoms with van der Waals surface area (Å²) in [4.78, 5) is 4.44. The Morgan fingerprint density at radius 2 is 2.21 bits per heavy atom. The standard InChI is InChI=1S/C11H18N2O/c1-7-13-10-8(12-4)5-11(2,3)6-9(10)14-7/h8,12H,5-6H2,1-4H3. The van der Waals surface area contributed by atoms with E-state index >= 15 is 0 Å². The second kappa shape index (κ2) is 3.09. The second-order valence-corrected chi connectivity index (χ2v) is 4.93. The van der Waals surface area contributed by atoms with Gasteiger partial charge in [0.2, 0.25) is 0 Å². The molecule has 2 rings (SSSR count). The Morgan fingerprint density at radius 1 is 1.50 bits per heavy atom. The van der Waals surface area contributed by atoms with Crippen LogP contribution < -0.4 is 5.32 Å². The van der Waals surface area contributed by atoms with Crippen molar-refractivity contribution in [3.8, 4) is 0 Å². The van der Waals surface area contributed by atoms with Crippen molar-refractivity contribution in [3.63, 3.8) is 0 Å². The van der Waals surface area contributed by atoms with E-state index in [1.54, 1.807) is 0 Å². The molecule has 3 heteroatoms. The van der Waals surface area contributed by atoms with Crippen molar-refractivity contribution >= 4 is 0 Å². The van der Waals surface area contributed by atoms with Gasteiger partial charge in [0.1, 0.15) is 5.76 Å². The predicted octanol–water partition coefficient (Wildman–Crippen LogP) is 2.22. The van der Waals surface area contributed by atoms with Gasteiger partial charge in [0.05, 0.1) is 11.7 Å². The molecular formula is C11H18N2O. The average Bonchev–Trinajstić information content (AvgIpc) is 2.41. The van der Waals surface area contributed by atoms with Crippen molar-refractivity contribution in [2.45, 2.75) is 39.7 Å². The molecule has 0 aliphatic heterocycles. The Morgan fingerprint density at radius 3 is 2.86 bits per heavy atom. The maximum absolute atomic E-state index is 5.62. The van der Waals surface area contributed by atoms with Crippen LogP contribution in [-0.2, 0) is 6.42 Å². The lowest BCUT2D eigenvalue weighted by Crippen LogP contribution is -2.31. The van der Waals surface area contributed by atoms with Crippen LogP contribution in [0.2, 0.25) is 0 Å². The Hall–Kier alpha value is -0.830. The van der Waals surface area contributed by atoms with Gasteiger partial charge in [0.25, 0.3) is 0 Å². The molecular weight excluding hydrogens is 176 g/mol. The highest BCUT2D eigenvalue weighted by Crippen LogP contribution is 2.40. The molecule has 0 aromatic carbocycles. The molecule has 1 N–H and O–H groups in total. The third-order valence-corrected chi connectivity index (χ3v) is 2.91. The fraction of sp³-hybridized carbons (Fsp3) is 0.727. The smallest absolute Gasteiger partial charge is 0.191 e. The SMILES string of the molecule is CNC1CC(C)(C)Cc2oc(C)nc21. The minimum atomic E-state index is 0.312. The van der Waals surface area contributed by atoms with Gasteiger partial charge in [-0.05, 0) is 18.9 Å². The number of oxazole rings is 1. The van der Waals surface area contributed by atoms with Gasteiger partial charge in [-0.25, -0.2) is 4.98 Å². The predicted molar refractivity (Wildman–Crippen MR) is 55.1 cm³/mol. The van der Waals surface area contributed by atoms with E-state index < -0.39 is 0 Å². The van der Waals surface area contributed by atoms with E-state index in [0.717, 1.165) is 30.2 Å². The highest BCUT2D eigenvalue weighted by molar-refractivity contribution is 5.20. The van der Waals surface area contributed by atoms with Gasteiger partial charge in [0, 0.05) is 13.3 Å². The monoisotopic (exact) mass is 194 g/mol. The van der Waals surface area contributed by atoms with E-state index in [0.29, 0.717) is 11.5 Å². The summed E-state index contributed by atoms with van der Waals surface area (Å²) < 4.78 is 5.62. The fourth-order valence-electron chi connectivity index (χ4n) is 2.28. The Kier molecular flexibility index (Phi) is 2.14. The molecule has 1 aliphatic rings. The fourth-order valence-corrected chi connectivity index (χ4v) is 2.28. The normalized spacial score (nSPS) is 24.7. The van der Waals surface area contributed by atoms with Crippen LogP contribution in [0.4, 0.5) is 0 Å². The molecule has 0 radical (unpaired) electrons. The summed E-state index contributed by atoms with van der Waals surface area (Å²) in [5.41, 5.74) is 1.43. The first-order chi connectivity index (χ1) is 6.52. The molecule has 0 saturated carbocycles. The lowest BCUT2D eigenvalue weighted by molar-refractivity contribution is 0.239. The molecule has 0 amide bonds. The first-order valence-corrected chi connectivity index (χ1v) is 5.15. The van der Waals surface area contributed by atoms with Crippen molar-refractivity contribution in [1.29, 1.82) is 0 Å². The summed E-state index contributed by atoms with van der Waals surface area (Å²) >= 11 is 0. The molecule has 3 nitrogen and oxygen atoms in total. The minimum Gasteiger partial charge on any atom is -0.446 e. The van der Waals surface area contributed by atoms with Gasteiger partial charge in [-0.15, -0.1) is 0 Å². The van der Waals surface area contributed by atoms with Crippen LogP contribution in [0.25, 0.3) is 0 Å². The first-order valence-electron chi connectivity index (χ1n) is 5.15. The molecule has 1 atom stereocenters. The number of aryl methyl sites for hydroxylation is 1. The van der Waals surface area contributed by atoms with Crippen LogP contribution in [0, 0.1) is 12.3 Å². The molecule has 0 bridgehead atoms. The molecule has 1 aromatic heterocycles. The second-order valence-electron chi connectivity index (χ2n) is 4.93. The lowest BCUT2D eigenvalue weighted by Gasteiger charge is -2.33. The van der Waals surface area contributed by atoms with Crippen LogP contribution in [0.1, 0.15) is 43.7 Å². The minimum absolute atomic E-state index is 0.312. The first kappa shape index (κ1) is 9.71. The number of rotatable bonds is 1. The van der Waals surface area contributed by atoms with E-state index in [1.165, 1.54) is 0 Å². The summed E-state index contributed by atoms with van der Waals surface area (Å²) in [6.45, 7) is 6.47. The number of fused-ring (bicyclic) bond motifs is 1. The number of aromatic nitrogens is 1. The highest BCUT2D eigenvalue weighted by Gasteiger charge is 2.35. The van der Waals surface area contributed by atoms with E-state index in [4.69, 9.17) is 4.42 Å². The Bertz CT molecular complexity index is 341. The molecule has 1 heterocycles. The van der Waals surface area contributed by atoms with Crippen LogP contribution >= 0.6 is 0 Å². The van der Waals surface area contributed by atoms with Crippen molar-refractivity contribution in [1.82, 2.24) is 10.3 Å². The van der Waals surface area contributed by atoms with Crippen molar-refractivity contribution in [2.75, 3.05) is 7.05 Å². The third-order valence-electron chi connectivity index (χ3n) is 2.91. The zero-order valence-electron chi connectivity index (χ0n) is 9.35. The van der Waals surface area contributed by atoms with Crippen LogP contribution in [-0.4, -0.2) is 12.0 Å². The summed E-state index contributed by atoms with van der Waals surface area (Å²) in [6, 6.07) is 0.353. The van der Waals surface area contributed by atoms with E-state index in [2.05, 4.69) is 24.1 Å². The zero-order chi connectivity index (χ0) is 10.3. The summed E-state index contributed by atoms with van der Waals surface area (Å²) in [5, 5.41) is 3.31. The van der Waals surface area contributed by atoms with Crippen LogP contribution in [0.15, 0.2) is 4.42 Å². The van der Waals surface area contributed by atoms with Crippen molar-refractivity contribution in [3.05, 3.63) is 17.3 Å². The molecule has 78 valence electrons. The molecule has 0 saturated heterocycles. The van der Waals surface area contributed by atoms with E-state index in [9.17, 15) is 0 Å². The number of hydrogen-bond acceptors (Lipinski definition) is 3. The molecule has 1 aliphatic carbocycles. The number of nitrogens with zero attached hydrogens (tertiary/aromatic N) is 1. The van der Waals surface area contributed by atoms with Gasteiger partial charge in [-0.3, -0.25) is 0 Å². The molecule has 1 aromatic rings. The van der Waals surface area contributed by atoms with Crippen LogP contribution in [0.5, 0.6) is 0 Å². The Labute approximate surface area is 84.9 Å². The third kappa shape index (κ3) is 1.57. The molecule has 0 spiro atoms. The molecule has 0 fully saturated rings. The summed E-state index contributed by atoms with van der Waals surface area (Å²) in [6.07, 6.45) is 2.13. The summed E-state index contributed by atoms with van der Waals surface area (Å²) in [7, 11) is 1.99. The largest absolute Gasteiger partial charge is 0.446 e. The van der Waals surface area contributed by atoms with E-state index in [1.807, 2.05) is 14.0 Å². The Balaban J connectivity index is 2.40. The number of nitrogens with one attached hydrogen (secondary N) is 1. The number of hydrogen-bond donors (Lipinski definition) is 1. The van der Waals surface area contributed by atoms with Gasteiger partial charge >= 0.3 is 0 Å². The quantitative estimate of drug-likeness (QED) is 0.745.